The van der Waals surface area contributed by atoms with Gasteiger partial charge in [0.2, 0.25) is 0 Å². The largest absolute Gasteiger partial charge is 0.494 e. The zero-order valence-electron chi connectivity index (χ0n) is 15.7. The fourth-order valence-electron chi connectivity index (χ4n) is 3.06. The molecule has 1 aliphatic heterocycles. The van der Waals surface area contributed by atoms with Gasteiger partial charge in [0.15, 0.2) is 9.84 Å². The van der Waals surface area contributed by atoms with Crippen molar-refractivity contribution in [1.82, 2.24) is 0 Å². The highest BCUT2D eigenvalue weighted by molar-refractivity contribution is 7.94. The Morgan fingerprint density at radius 1 is 1.11 bits per heavy atom. The van der Waals surface area contributed by atoms with Gasteiger partial charge in [-0.15, -0.1) is 0 Å². The van der Waals surface area contributed by atoms with Crippen LogP contribution in [0.25, 0.3) is 0 Å². The van der Waals surface area contributed by atoms with Crippen molar-refractivity contribution in [2.45, 2.75) is 26.8 Å². The molecule has 27 heavy (non-hydrogen) atoms. The molecule has 0 aliphatic carbocycles. The maximum Gasteiger partial charge on any atom is 0.258 e. The molecule has 1 aliphatic rings. The van der Waals surface area contributed by atoms with Crippen molar-refractivity contribution in [3.8, 4) is 5.75 Å². The number of carbonyl (C=O) groups is 1. The first-order chi connectivity index (χ1) is 12.8. The molecule has 0 saturated heterocycles. The van der Waals surface area contributed by atoms with Gasteiger partial charge in [-0.25, -0.2) is 8.42 Å². The molecule has 2 aromatic carbocycles. The van der Waals surface area contributed by atoms with Crippen LogP contribution < -0.4 is 9.64 Å². The topological polar surface area (TPSA) is 63.7 Å². The third kappa shape index (κ3) is 4.22. The molecule has 1 atom stereocenters. The van der Waals surface area contributed by atoms with Crippen molar-refractivity contribution in [2.24, 2.45) is 0 Å². The summed E-state index contributed by atoms with van der Waals surface area (Å²) in [6.45, 7) is 6.39. The standard InChI is InChI=1S/C21H23NO4S/c1-4-26-20-9-7-18(8-10-20)22(19-11-12-27(24,25)14-19)21(23)17-6-5-15(2)16(3)13-17/h5-13,19H,4,14H2,1-3H3/t19-/m1/s1. The fourth-order valence-corrected chi connectivity index (χ4v) is 4.33. The number of sulfone groups is 1. The zero-order valence-corrected chi connectivity index (χ0v) is 16.5. The van der Waals surface area contributed by atoms with E-state index in [1.807, 2.05) is 32.9 Å². The number of nitrogens with zero attached hydrogens (tertiary/aromatic N) is 1. The summed E-state index contributed by atoms with van der Waals surface area (Å²) in [4.78, 5) is 14.8. The second kappa shape index (κ2) is 7.56. The number of carbonyl (C=O) groups excluding carboxylic acids is 1. The minimum Gasteiger partial charge on any atom is -0.494 e. The van der Waals surface area contributed by atoms with Gasteiger partial charge in [-0.2, -0.15) is 0 Å². The molecule has 0 radical (unpaired) electrons. The molecule has 1 heterocycles. The summed E-state index contributed by atoms with van der Waals surface area (Å²) in [7, 11) is -3.29. The molecule has 0 N–H and O–H groups in total. The summed E-state index contributed by atoms with van der Waals surface area (Å²) >= 11 is 0. The quantitative estimate of drug-likeness (QED) is 0.788. The first-order valence-electron chi connectivity index (χ1n) is 8.85. The smallest absolute Gasteiger partial charge is 0.258 e. The highest BCUT2D eigenvalue weighted by atomic mass is 32.2. The van der Waals surface area contributed by atoms with E-state index in [1.54, 1.807) is 41.3 Å². The van der Waals surface area contributed by atoms with Crippen LogP contribution in [0.5, 0.6) is 5.75 Å². The monoisotopic (exact) mass is 385 g/mol. The molecule has 142 valence electrons. The Bertz CT molecular complexity index is 978. The molecule has 0 bridgehead atoms. The lowest BCUT2D eigenvalue weighted by Crippen LogP contribution is -2.41. The van der Waals surface area contributed by atoms with Crippen LogP contribution in [0, 0.1) is 13.8 Å². The summed E-state index contributed by atoms with van der Waals surface area (Å²) in [5, 5.41) is 1.19. The molecule has 0 aromatic heterocycles. The van der Waals surface area contributed by atoms with Crippen molar-refractivity contribution >= 4 is 21.4 Å². The van der Waals surface area contributed by atoms with Gasteiger partial charge in [0.05, 0.1) is 18.4 Å². The van der Waals surface area contributed by atoms with Gasteiger partial charge in [-0.3, -0.25) is 4.79 Å². The molecule has 3 rings (SSSR count). The van der Waals surface area contributed by atoms with E-state index < -0.39 is 15.9 Å². The summed E-state index contributed by atoms with van der Waals surface area (Å²) in [5.41, 5.74) is 3.28. The van der Waals surface area contributed by atoms with Gasteiger partial charge in [-0.05, 0) is 74.4 Å². The van der Waals surface area contributed by atoms with Gasteiger partial charge in [0, 0.05) is 16.7 Å². The highest BCUT2D eigenvalue weighted by Crippen LogP contribution is 2.27. The maximum absolute atomic E-state index is 13.3. The molecule has 2 aromatic rings. The van der Waals surface area contributed by atoms with Gasteiger partial charge in [0.25, 0.3) is 5.91 Å². The number of rotatable bonds is 5. The Labute approximate surface area is 160 Å². The van der Waals surface area contributed by atoms with Crippen LogP contribution in [0.15, 0.2) is 53.9 Å². The van der Waals surface area contributed by atoms with Crippen molar-refractivity contribution < 1.29 is 17.9 Å². The van der Waals surface area contributed by atoms with E-state index in [-0.39, 0.29) is 11.7 Å². The summed E-state index contributed by atoms with van der Waals surface area (Å²) in [6.07, 6.45) is 1.57. The van der Waals surface area contributed by atoms with E-state index in [0.29, 0.717) is 23.6 Å². The van der Waals surface area contributed by atoms with Crippen LogP contribution in [-0.4, -0.2) is 32.7 Å². The third-order valence-corrected chi connectivity index (χ3v) is 6.02. The number of hydrogen-bond donors (Lipinski definition) is 0. The Kier molecular flexibility index (Phi) is 5.37. The molecular weight excluding hydrogens is 362 g/mol. The Morgan fingerprint density at radius 2 is 1.81 bits per heavy atom. The molecule has 0 fully saturated rings. The zero-order chi connectivity index (χ0) is 19.6. The van der Waals surface area contributed by atoms with Crippen LogP contribution in [-0.2, 0) is 9.84 Å². The maximum atomic E-state index is 13.3. The minimum absolute atomic E-state index is 0.114. The van der Waals surface area contributed by atoms with Crippen molar-refractivity contribution in [2.75, 3.05) is 17.3 Å². The van der Waals surface area contributed by atoms with Crippen LogP contribution in [0.3, 0.4) is 0 Å². The normalized spacial score (nSPS) is 17.7. The van der Waals surface area contributed by atoms with Crippen LogP contribution >= 0.6 is 0 Å². The third-order valence-electron chi connectivity index (χ3n) is 4.64. The van der Waals surface area contributed by atoms with E-state index in [9.17, 15) is 13.2 Å². The molecule has 5 nitrogen and oxygen atoms in total. The predicted octanol–water partition coefficient (Wildman–Crippen LogP) is 3.66. The van der Waals surface area contributed by atoms with Crippen LogP contribution in [0.4, 0.5) is 5.69 Å². The summed E-state index contributed by atoms with van der Waals surface area (Å²) in [5.74, 6) is 0.361. The lowest BCUT2D eigenvalue weighted by Gasteiger charge is -2.28. The number of benzene rings is 2. The van der Waals surface area contributed by atoms with E-state index in [0.717, 1.165) is 11.1 Å². The molecular formula is C21H23NO4S. The molecule has 1 amide bonds. The minimum atomic E-state index is -3.29. The number of aryl methyl sites for hydroxylation is 2. The van der Waals surface area contributed by atoms with E-state index in [2.05, 4.69) is 0 Å². The van der Waals surface area contributed by atoms with Crippen molar-refractivity contribution in [3.63, 3.8) is 0 Å². The Hall–Kier alpha value is -2.60. The Morgan fingerprint density at radius 3 is 2.37 bits per heavy atom. The molecule has 0 unspecified atom stereocenters. The number of hydrogen-bond acceptors (Lipinski definition) is 4. The fraction of sp³-hybridized carbons (Fsp3) is 0.286. The number of anilines is 1. The summed E-state index contributed by atoms with van der Waals surface area (Å²) < 4.78 is 29.3. The van der Waals surface area contributed by atoms with Crippen LogP contribution in [0.2, 0.25) is 0 Å². The highest BCUT2D eigenvalue weighted by Gasteiger charge is 2.32. The van der Waals surface area contributed by atoms with Crippen molar-refractivity contribution in [3.05, 3.63) is 70.6 Å². The second-order valence-electron chi connectivity index (χ2n) is 6.63. The van der Waals surface area contributed by atoms with Gasteiger partial charge < -0.3 is 9.64 Å². The molecule has 0 spiro atoms. The molecule has 6 heteroatoms. The van der Waals surface area contributed by atoms with E-state index >= 15 is 0 Å². The van der Waals surface area contributed by atoms with Gasteiger partial charge >= 0.3 is 0 Å². The van der Waals surface area contributed by atoms with E-state index in [1.165, 1.54) is 5.41 Å². The number of ether oxygens (including phenoxy) is 1. The second-order valence-corrected chi connectivity index (χ2v) is 8.56. The lowest BCUT2D eigenvalue weighted by molar-refractivity contribution is 0.0983. The lowest BCUT2D eigenvalue weighted by atomic mass is 10.0. The predicted molar refractivity (Wildman–Crippen MR) is 107 cm³/mol. The summed E-state index contributed by atoms with van der Waals surface area (Å²) in [6, 6.07) is 12.1. The number of amides is 1. The van der Waals surface area contributed by atoms with Crippen LogP contribution in [0.1, 0.15) is 28.4 Å². The Balaban J connectivity index is 2.00. The average molecular weight is 385 g/mol. The average Bonchev–Trinajstić information content (AvgIpc) is 2.98. The van der Waals surface area contributed by atoms with Gasteiger partial charge in [-0.1, -0.05) is 6.07 Å². The molecule has 0 saturated carbocycles. The van der Waals surface area contributed by atoms with Gasteiger partial charge in [0.1, 0.15) is 5.75 Å². The van der Waals surface area contributed by atoms with E-state index in [4.69, 9.17) is 4.74 Å². The first kappa shape index (κ1) is 19.2. The SMILES string of the molecule is CCOc1ccc(N(C(=O)c2ccc(C)c(C)c2)[C@@H]2C=CS(=O)(=O)C2)cc1. The van der Waals surface area contributed by atoms with Crippen molar-refractivity contribution in [1.29, 1.82) is 0 Å². The first-order valence-corrected chi connectivity index (χ1v) is 10.6.